The van der Waals surface area contributed by atoms with Gasteiger partial charge in [0.2, 0.25) is 0 Å². The number of aromatic nitrogens is 5. The summed E-state index contributed by atoms with van der Waals surface area (Å²) >= 11 is 0. The lowest BCUT2D eigenvalue weighted by Crippen LogP contribution is -2.01. The van der Waals surface area contributed by atoms with Crippen LogP contribution in [0.4, 0.5) is 0 Å². The zero-order chi connectivity index (χ0) is 41.6. The van der Waals surface area contributed by atoms with Crippen LogP contribution in [0.3, 0.4) is 0 Å². The molecule has 0 atom stereocenters. The van der Waals surface area contributed by atoms with E-state index < -0.39 is 0 Å². The van der Waals surface area contributed by atoms with Crippen molar-refractivity contribution in [3.63, 3.8) is 0 Å². The quantitative estimate of drug-likeness (QED) is 0.174. The van der Waals surface area contributed by atoms with Gasteiger partial charge in [-0.1, -0.05) is 146 Å². The molecule has 0 radical (unpaired) electrons. The molecule has 13 aromatic rings. The minimum Gasteiger partial charge on any atom is -0.308 e. The predicted octanol–water partition coefficient (Wildman–Crippen LogP) is 14.1. The molecule has 0 bridgehead atoms. The van der Waals surface area contributed by atoms with Crippen LogP contribution in [-0.2, 0) is 0 Å². The second-order valence-corrected chi connectivity index (χ2v) is 16.0. The summed E-state index contributed by atoms with van der Waals surface area (Å²) in [7, 11) is 0. The summed E-state index contributed by atoms with van der Waals surface area (Å²) in [4.78, 5) is 10.3. The maximum Gasteiger partial charge on any atom is 0.160 e. The van der Waals surface area contributed by atoms with Crippen LogP contribution in [0.1, 0.15) is 5.56 Å². The van der Waals surface area contributed by atoms with Crippen LogP contribution in [0.15, 0.2) is 206 Å². The second kappa shape index (κ2) is 13.6. The summed E-state index contributed by atoms with van der Waals surface area (Å²) in [6.07, 6.45) is 0. The van der Waals surface area contributed by atoms with Gasteiger partial charge in [0.1, 0.15) is 6.07 Å². The Morgan fingerprint density at radius 1 is 0.381 bits per heavy atom. The van der Waals surface area contributed by atoms with Gasteiger partial charge in [-0.05, 0) is 60.7 Å². The lowest BCUT2D eigenvalue weighted by Gasteiger charge is -2.15. The van der Waals surface area contributed by atoms with Gasteiger partial charge in [-0.2, -0.15) is 5.26 Å². The molecule has 13 rings (SSSR count). The highest BCUT2D eigenvalue weighted by Gasteiger charge is 2.29. The highest BCUT2D eigenvalue weighted by atomic mass is 15.0. The molecular formula is C57H34N6. The highest BCUT2D eigenvalue weighted by Crippen LogP contribution is 2.50. The van der Waals surface area contributed by atoms with Crippen LogP contribution in [0.25, 0.3) is 116 Å². The van der Waals surface area contributed by atoms with Gasteiger partial charge < -0.3 is 13.7 Å². The van der Waals surface area contributed by atoms with Crippen molar-refractivity contribution in [2.45, 2.75) is 0 Å². The molecule has 0 aliphatic rings. The Hall–Kier alpha value is -8.79. The van der Waals surface area contributed by atoms with Crippen LogP contribution in [0.2, 0.25) is 0 Å². The van der Waals surface area contributed by atoms with Gasteiger partial charge in [0, 0.05) is 60.2 Å². The van der Waals surface area contributed by atoms with E-state index in [-0.39, 0.29) is 0 Å². The fourth-order valence-electron chi connectivity index (χ4n) is 10.1. The molecule has 0 saturated heterocycles. The highest BCUT2D eigenvalue weighted by molar-refractivity contribution is 6.40. The van der Waals surface area contributed by atoms with Crippen molar-refractivity contribution in [2.24, 2.45) is 0 Å². The molecule has 6 nitrogen and oxygen atoms in total. The monoisotopic (exact) mass is 802 g/mol. The van der Waals surface area contributed by atoms with Crippen LogP contribution < -0.4 is 0 Å². The van der Waals surface area contributed by atoms with Crippen LogP contribution in [0.5, 0.6) is 0 Å². The van der Waals surface area contributed by atoms with E-state index in [1.54, 1.807) is 0 Å². The molecule has 0 saturated carbocycles. The van der Waals surface area contributed by atoms with E-state index in [0.717, 1.165) is 99.4 Å². The van der Waals surface area contributed by atoms with Crippen molar-refractivity contribution in [3.8, 4) is 45.8 Å². The summed E-state index contributed by atoms with van der Waals surface area (Å²) < 4.78 is 7.23. The molecule has 0 aliphatic heterocycles. The average molecular weight is 803 g/mol. The molecule has 0 aliphatic carbocycles. The zero-order valence-electron chi connectivity index (χ0n) is 33.8. The van der Waals surface area contributed by atoms with Crippen molar-refractivity contribution >= 4 is 76.3 Å². The summed E-state index contributed by atoms with van der Waals surface area (Å²) in [5.41, 5.74) is 13.5. The third-order valence-electron chi connectivity index (χ3n) is 12.6. The average Bonchev–Trinajstić information content (AvgIpc) is 4.00. The second-order valence-electron chi connectivity index (χ2n) is 16.0. The van der Waals surface area contributed by atoms with E-state index in [4.69, 9.17) is 9.97 Å². The molecule has 0 fully saturated rings. The Morgan fingerprint density at radius 3 is 1.37 bits per heavy atom. The molecular weight excluding hydrogens is 769 g/mol. The predicted molar refractivity (Wildman–Crippen MR) is 258 cm³/mol. The van der Waals surface area contributed by atoms with Crippen molar-refractivity contribution in [1.29, 1.82) is 5.26 Å². The molecule has 0 unspecified atom stereocenters. The van der Waals surface area contributed by atoms with Crippen molar-refractivity contribution in [3.05, 3.63) is 212 Å². The third-order valence-corrected chi connectivity index (χ3v) is 12.6. The van der Waals surface area contributed by atoms with Crippen molar-refractivity contribution in [2.75, 3.05) is 0 Å². The normalized spacial score (nSPS) is 11.8. The number of benzene rings is 9. The smallest absolute Gasteiger partial charge is 0.160 e. The molecule has 9 aromatic carbocycles. The van der Waals surface area contributed by atoms with E-state index in [1.807, 2.05) is 60.7 Å². The van der Waals surface area contributed by atoms with Crippen molar-refractivity contribution in [1.82, 2.24) is 23.7 Å². The van der Waals surface area contributed by atoms with Crippen LogP contribution in [-0.4, -0.2) is 23.7 Å². The van der Waals surface area contributed by atoms with Crippen LogP contribution >= 0.6 is 0 Å². The lowest BCUT2D eigenvalue weighted by molar-refractivity contribution is 1.16. The first-order chi connectivity index (χ1) is 31.3. The molecule has 0 spiro atoms. The van der Waals surface area contributed by atoms with Crippen LogP contribution in [0, 0.1) is 11.3 Å². The van der Waals surface area contributed by atoms with Gasteiger partial charge in [0.15, 0.2) is 5.82 Å². The Labute approximate surface area is 361 Å². The fourth-order valence-corrected chi connectivity index (χ4v) is 10.1. The minimum absolute atomic E-state index is 0.562. The molecule has 0 N–H and O–H groups in total. The fraction of sp³-hybridized carbons (Fsp3) is 0. The number of nitriles is 1. The Bertz CT molecular complexity index is 3950. The first-order valence-electron chi connectivity index (χ1n) is 21.2. The van der Waals surface area contributed by atoms with E-state index in [9.17, 15) is 5.26 Å². The van der Waals surface area contributed by atoms with Gasteiger partial charge in [0.05, 0.1) is 55.6 Å². The van der Waals surface area contributed by atoms with E-state index in [1.165, 1.54) is 10.8 Å². The van der Waals surface area contributed by atoms with Crippen molar-refractivity contribution < 1.29 is 0 Å². The molecule has 0 amide bonds. The maximum atomic E-state index is 11.1. The van der Waals surface area contributed by atoms with E-state index in [2.05, 4.69) is 165 Å². The van der Waals surface area contributed by atoms with Gasteiger partial charge in [0.25, 0.3) is 0 Å². The molecule has 6 heteroatoms. The summed E-state index contributed by atoms with van der Waals surface area (Å²) in [6, 6.07) is 74.6. The summed E-state index contributed by atoms with van der Waals surface area (Å²) in [5.74, 6) is 0.652. The Kier molecular flexibility index (Phi) is 7.57. The summed E-state index contributed by atoms with van der Waals surface area (Å²) in [6.45, 7) is 0. The topological polar surface area (TPSA) is 64.4 Å². The number of hydrogen-bond acceptors (Lipinski definition) is 3. The minimum atomic E-state index is 0.562. The van der Waals surface area contributed by atoms with E-state index in [0.29, 0.717) is 11.4 Å². The largest absolute Gasteiger partial charge is 0.308 e. The zero-order valence-corrected chi connectivity index (χ0v) is 33.8. The maximum absolute atomic E-state index is 11.1. The Morgan fingerprint density at radius 2 is 0.825 bits per heavy atom. The molecule has 4 heterocycles. The number of nitrogens with zero attached hydrogens (tertiary/aromatic N) is 6. The first-order valence-corrected chi connectivity index (χ1v) is 21.2. The lowest BCUT2D eigenvalue weighted by atomic mass is 10.0. The summed E-state index contributed by atoms with van der Waals surface area (Å²) in [5, 5.41) is 18.9. The molecule has 292 valence electrons. The first kappa shape index (κ1) is 35.0. The van der Waals surface area contributed by atoms with Gasteiger partial charge >= 0.3 is 0 Å². The standard InChI is InChI=1S/C57H34N6/c58-35-38-33-32-37(53-41-24-10-14-28-45(41)59-57(60-53)36-18-4-1-5-19-36)34-49(38)63-48-31-17-13-27-44(48)52-55-50(42-25-11-15-29-46(42)61(55)39-20-6-2-7-21-39)54-51(56(52)63)43-26-12-16-30-47(43)62(54)40-22-8-3-9-23-40/h1-34H. The van der Waals surface area contributed by atoms with Gasteiger partial charge in [-0.15, -0.1) is 0 Å². The number of rotatable bonds is 5. The van der Waals surface area contributed by atoms with E-state index >= 15 is 0 Å². The SMILES string of the molecule is N#Cc1ccc(-c2nc(-c3ccccc3)nc3ccccc23)cc1-n1c2ccccc2c2c3c(c4ccccc4n3-c3ccccc3)c3c(c4ccccc4n3-c3ccccc3)c21. The van der Waals surface area contributed by atoms with Gasteiger partial charge in [-0.3, -0.25) is 0 Å². The Balaban J connectivity index is 1.26. The number of fused-ring (bicyclic) bond motifs is 13. The third kappa shape index (κ3) is 5.05. The number of hydrogen-bond donors (Lipinski definition) is 0. The number of para-hydroxylation sites is 6. The molecule has 4 aromatic heterocycles. The van der Waals surface area contributed by atoms with Gasteiger partial charge in [-0.25, -0.2) is 9.97 Å². The molecule has 63 heavy (non-hydrogen) atoms.